The van der Waals surface area contributed by atoms with Gasteiger partial charge in [0.1, 0.15) is 5.82 Å². The molecule has 17 heavy (non-hydrogen) atoms. The summed E-state index contributed by atoms with van der Waals surface area (Å²) in [6, 6.07) is 4.89. The van der Waals surface area contributed by atoms with Gasteiger partial charge in [0.25, 0.3) is 0 Å². The molecule has 2 nitrogen and oxygen atoms in total. The van der Waals surface area contributed by atoms with Crippen LogP contribution >= 0.6 is 0 Å². The molecule has 1 atom stereocenters. The lowest BCUT2D eigenvalue weighted by molar-refractivity contribution is 0.199. The van der Waals surface area contributed by atoms with Gasteiger partial charge in [-0.3, -0.25) is 0 Å². The summed E-state index contributed by atoms with van der Waals surface area (Å²) in [7, 11) is 0. The highest BCUT2D eigenvalue weighted by Crippen LogP contribution is 2.31. The largest absolute Gasteiger partial charge is 0.389 e. The summed E-state index contributed by atoms with van der Waals surface area (Å²) in [5.74, 6) is -0.252. The van der Waals surface area contributed by atoms with E-state index >= 15 is 0 Å². The lowest BCUT2D eigenvalue weighted by atomic mass is 10.0. The van der Waals surface area contributed by atoms with E-state index in [1.54, 1.807) is 19.1 Å². The van der Waals surface area contributed by atoms with E-state index in [0.717, 1.165) is 19.5 Å². The van der Waals surface area contributed by atoms with Gasteiger partial charge in [-0.15, -0.1) is 0 Å². The summed E-state index contributed by atoms with van der Waals surface area (Å²) in [5, 5.41) is 9.72. The quantitative estimate of drug-likeness (QED) is 0.796. The van der Waals surface area contributed by atoms with Crippen molar-refractivity contribution in [2.24, 2.45) is 0 Å². The standard InChI is InChI=1S/C14H18FNO/c1-10-5-4-8-16(9-10)14-12(11(2)17)6-3-7-13(14)15/h3,5-7,11,17H,4,8-9H2,1-2H3/t11-/m1/s1. The van der Waals surface area contributed by atoms with Gasteiger partial charge in [-0.2, -0.15) is 0 Å². The molecular formula is C14H18FNO. The maximum atomic E-state index is 13.9. The van der Waals surface area contributed by atoms with Gasteiger partial charge in [0.15, 0.2) is 0 Å². The molecule has 1 aromatic rings. The molecule has 0 amide bonds. The van der Waals surface area contributed by atoms with Crippen molar-refractivity contribution < 1.29 is 9.50 Å². The smallest absolute Gasteiger partial charge is 0.146 e. The second-order valence-corrected chi connectivity index (χ2v) is 4.61. The Kier molecular flexibility index (Phi) is 3.48. The first-order valence-electron chi connectivity index (χ1n) is 5.96. The van der Waals surface area contributed by atoms with Crippen molar-refractivity contribution in [1.29, 1.82) is 0 Å². The van der Waals surface area contributed by atoms with Crippen LogP contribution in [-0.4, -0.2) is 18.2 Å². The zero-order valence-electron chi connectivity index (χ0n) is 10.3. The SMILES string of the molecule is CC1=CCCN(c2c(F)cccc2[C@@H](C)O)C1. The molecule has 0 bridgehead atoms. The summed E-state index contributed by atoms with van der Waals surface area (Å²) >= 11 is 0. The summed E-state index contributed by atoms with van der Waals surface area (Å²) in [6.07, 6.45) is 2.46. The van der Waals surface area contributed by atoms with Crippen LogP contribution in [0.5, 0.6) is 0 Å². The Labute approximate surface area is 101 Å². The van der Waals surface area contributed by atoms with Gasteiger partial charge >= 0.3 is 0 Å². The van der Waals surface area contributed by atoms with Crippen molar-refractivity contribution in [3.63, 3.8) is 0 Å². The average Bonchev–Trinajstić information content (AvgIpc) is 2.28. The minimum absolute atomic E-state index is 0.252. The van der Waals surface area contributed by atoms with E-state index < -0.39 is 6.10 Å². The van der Waals surface area contributed by atoms with E-state index in [4.69, 9.17) is 0 Å². The fraction of sp³-hybridized carbons (Fsp3) is 0.429. The summed E-state index contributed by atoms with van der Waals surface area (Å²) in [6.45, 7) is 5.26. The first-order chi connectivity index (χ1) is 8.09. The fourth-order valence-electron chi connectivity index (χ4n) is 2.31. The van der Waals surface area contributed by atoms with Crippen LogP contribution in [0.3, 0.4) is 0 Å². The molecule has 0 spiro atoms. The molecule has 1 aromatic carbocycles. The Morgan fingerprint density at radius 3 is 2.82 bits per heavy atom. The monoisotopic (exact) mass is 235 g/mol. The number of nitrogens with zero attached hydrogens (tertiary/aromatic N) is 1. The van der Waals surface area contributed by atoms with Crippen LogP contribution in [0.25, 0.3) is 0 Å². The maximum absolute atomic E-state index is 13.9. The molecule has 0 radical (unpaired) electrons. The highest BCUT2D eigenvalue weighted by Gasteiger charge is 2.20. The molecule has 1 N–H and O–H groups in total. The Bertz CT molecular complexity index is 440. The number of halogens is 1. The van der Waals surface area contributed by atoms with Gasteiger partial charge in [0.05, 0.1) is 11.8 Å². The Hall–Kier alpha value is -1.35. The molecule has 0 unspecified atom stereocenters. The number of para-hydroxylation sites is 1. The van der Waals surface area contributed by atoms with Gasteiger partial charge < -0.3 is 10.0 Å². The van der Waals surface area contributed by atoms with Crippen LogP contribution in [-0.2, 0) is 0 Å². The fourth-order valence-corrected chi connectivity index (χ4v) is 2.31. The molecule has 3 heteroatoms. The molecule has 2 rings (SSSR count). The van der Waals surface area contributed by atoms with E-state index in [2.05, 4.69) is 13.0 Å². The van der Waals surface area contributed by atoms with Gasteiger partial charge in [-0.05, 0) is 26.3 Å². The van der Waals surface area contributed by atoms with Crippen LogP contribution in [0.4, 0.5) is 10.1 Å². The van der Waals surface area contributed by atoms with E-state index in [1.807, 2.05) is 4.90 Å². The molecule has 0 saturated carbocycles. The van der Waals surface area contributed by atoms with Crippen molar-refractivity contribution in [2.45, 2.75) is 26.4 Å². The number of aliphatic hydroxyl groups excluding tert-OH is 1. The van der Waals surface area contributed by atoms with Crippen LogP contribution in [0.1, 0.15) is 31.9 Å². The normalized spacial score (nSPS) is 17.9. The van der Waals surface area contributed by atoms with Gasteiger partial charge in [-0.25, -0.2) is 4.39 Å². The van der Waals surface area contributed by atoms with E-state index in [-0.39, 0.29) is 5.82 Å². The van der Waals surface area contributed by atoms with Gasteiger partial charge in [-0.1, -0.05) is 23.8 Å². The minimum Gasteiger partial charge on any atom is -0.389 e. The lowest BCUT2D eigenvalue weighted by Gasteiger charge is -2.31. The van der Waals surface area contributed by atoms with E-state index in [1.165, 1.54) is 11.6 Å². The molecule has 1 aliphatic rings. The van der Waals surface area contributed by atoms with Crippen molar-refractivity contribution in [3.8, 4) is 0 Å². The van der Waals surface area contributed by atoms with Crippen LogP contribution in [0.2, 0.25) is 0 Å². The Balaban J connectivity index is 2.40. The predicted molar refractivity (Wildman–Crippen MR) is 67.6 cm³/mol. The number of hydrogen-bond donors (Lipinski definition) is 1. The Morgan fingerprint density at radius 2 is 2.18 bits per heavy atom. The second-order valence-electron chi connectivity index (χ2n) is 4.61. The first kappa shape index (κ1) is 12.1. The molecule has 1 heterocycles. The van der Waals surface area contributed by atoms with Crippen molar-refractivity contribution in [3.05, 3.63) is 41.2 Å². The third kappa shape index (κ3) is 2.50. The molecule has 0 aromatic heterocycles. The zero-order valence-corrected chi connectivity index (χ0v) is 10.3. The van der Waals surface area contributed by atoms with E-state index in [9.17, 15) is 9.50 Å². The summed E-state index contributed by atoms with van der Waals surface area (Å²) < 4.78 is 13.9. The van der Waals surface area contributed by atoms with Crippen molar-refractivity contribution in [1.82, 2.24) is 0 Å². The third-order valence-electron chi connectivity index (χ3n) is 3.12. The maximum Gasteiger partial charge on any atom is 0.146 e. The summed E-state index contributed by atoms with van der Waals surface area (Å²) in [5.41, 5.74) is 2.46. The van der Waals surface area contributed by atoms with Crippen molar-refractivity contribution in [2.75, 3.05) is 18.0 Å². The molecule has 92 valence electrons. The van der Waals surface area contributed by atoms with Crippen LogP contribution in [0.15, 0.2) is 29.8 Å². The molecular weight excluding hydrogens is 217 g/mol. The highest BCUT2D eigenvalue weighted by molar-refractivity contribution is 5.57. The predicted octanol–water partition coefficient (Wildman–Crippen LogP) is 3.04. The number of anilines is 1. The van der Waals surface area contributed by atoms with Gasteiger partial charge in [0.2, 0.25) is 0 Å². The molecule has 0 saturated heterocycles. The molecule has 0 fully saturated rings. The van der Waals surface area contributed by atoms with E-state index in [0.29, 0.717) is 11.3 Å². The average molecular weight is 235 g/mol. The highest BCUT2D eigenvalue weighted by atomic mass is 19.1. The first-order valence-corrected chi connectivity index (χ1v) is 5.96. The number of rotatable bonds is 2. The third-order valence-corrected chi connectivity index (χ3v) is 3.12. The number of aliphatic hydroxyl groups is 1. The lowest BCUT2D eigenvalue weighted by Crippen LogP contribution is -2.31. The summed E-state index contributed by atoms with van der Waals surface area (Å²) in [4.78, 5) is 2.01. The van der Waals surface area contributed by atoms with Crippen LogP contribution in [0, 0.1) is 5.82 Å². The molecule has 1 aliphatic heterocycles. The Morgan fingerprint density at radius 1 is 1.41 bits per heavy atom. The zero-order chi connectivity index (χ0) is 12.4. The molecule has 0 aliphatic carbocycles. The number of benzene rings is 1. The second kappa shape index (κ2) is 4.88. The van der Waals surface area contributed by atoms with Crippen LogP contribution < -0.4 is 4.90 Å². The number of hydrogen-bond acceptors (Lipinski definition) is 2. The van der Waals surface area contributed by atoms with Gasteiger partial charge in [0, 0.05) is 18.7 Å². The topological polar surface area (TPSA) is 23.5 Å². The van der Waals surface area contributed by atoms with Crippen molar-refractivity contribution >= 4 is 5.69 Å². The minimum atomic E-state index is -0.646.